The lowest BCUT2D eigenvalue weighted by molar-refractivity contribution is -0.147. The van der Waals surface area contributed by atoms with Crippen molar-refractivity contribution in [2.24, 2.45) is 5.92 Å². The Labute approximate surface area is 143 Å². The van der Waals surface area contributed by atoms with Crippen LogP contribution in [0.2, 0.25) is 0 Å². The van der Waals surface area contributed by atoms with E-state index >= 15 is 0 Å². The van der Waals surface area contributed by atoms with Crippen molar-refractivity contribution >= 4 is 39.2 Å². The number of rotatable bonds is 4. The number of hydrogen-bond acceptors (Lipinski definition) is 4. The van der Waals surface area contributed by atoms with Crippen molar-refractivity contribution in [3.05, 3.63) is 40.5 Å². The fraction of sp³-hybridized carbons (Fsp3) is 0.333. The molecule has 2 N–H and O–H groups in total. The average molecular weight is 385 g/mol. The van der Waals surface area contributed by atoms with Crippen LogP contribution in [0.5, 0.6) is 5.75 Å². The van der Waals surface area contributed by atoms with Crippen LogP contribution in [0.15, 0.2) is 34.9 Å². The maximum atomic E-state index is 12.3. The van der Waals surface area contributed by atoms with Crippen LogP contribution >= 0.6 is 28.1 Å². The first kappa shape index (κ1) is 16.8. The van der Waals surface area contributed by atoms with Gasteiger partial charge in [-0.1, -0.05) is 12.6 Å². The third kappa shape index (κ3) is 3.41. The summed E-state index contributed by atoms with van der Waals surface area (Å²) < 4.78 is 11.2. The maximum absolute atomic E-state index is 12.3. The standard InChI is InChI=1S/C15H17BrN2O3S/c1-4-21-14(19)12-8(2)17-15(22)18-13(12)9-5-6-11(20-3)10(16)7-9/h5-7,12-13H,2,4H2,1,3H3,(H2,17,18,22)/t12-,13+/m0/s1. The molecule has 1 aliphatic heterocycles. The summed E-state index contributed by atoms with van der Waals surface area (Å²) in [6.07, 6.45) is 0. The number of ether oxygens (including phenoxy) is 2. The first-order valence-corrected chi connectivity index (χ1v) is 7.94. The summed E-state index contributed by atoms with van der Waals surface area (Å²) in [7, 11) is 1.60. The minimum absolute atomic E-state index is 0.312. The molecule has 1 aliphatic rings. The monoisotopic (exact) mass is 384 g/mol. The van der Waals surface area contributed by atoms with E-state index in [4.69, 9.17) is 21.7 Å². The minimum Gasteiger partial charge on any atom is -0.496 e. The van der Waals surface area contributed by atoms with Crippen molar-refractivity contribution in [3.8, 4) is 5.75 Å². The van der Waals surface area contributed by atoms with Crippen LogP contribution in [0.3, 0.4) is 0 Å². The summed E-state index contributed by atoms with van der Waals surface area (Å²) in [5.74, 6) is -0.189. The predicted octanol–water partition coefficient (Wildman–Crippen LogP) is 2.67. The maximum Gasteiger partial charge on any atom is 0.317 e. The van der Waals surface area contributed by atoms with Crippen LogP contribution in [0.25, 0.3) is 0 Å². The lowest BCUT2D eigenvalue weighted by Gasteiger charge is -2.34. The quantitative estimate of drug-likeness (QED) is 0.614. The normalized spacial score (nSPS) is 20.9. The molecular weight excluding hydrogens is 368 g/mol. The van der Waals surface area contributed by atoms with E-state index in [-0.39, 0.29) is 12.0 Å². The number of carbonyl (C=O) groups excluding carboxylic acids is 1. The smallest absolute Gasteiger partial charge is 0.317 e. The Bertz CT molecular complexity index is 621. The van der Waals surface area contributed by atoms with Gasteiger partial charge in [-0.05, 0) is 52.8 Å². The zero-order chi connectivity index (χ0) is 16.3. The second kappa shape index (κ2) is 7.11. The summed E-state index contributed by atoms with van der Waals surface area (Å²) in [5, 5.41) is 6.44. The molecule has 0 bridgehead atoms. The molecule has 0 saturated carbocycles. The highest BCUT2D eigenvalue weighted by Crippen LogP contribution is 2.34. The van der Waals surface area contributed by atoms with Gasteiger partial charge in [0.15, 0.2) is 5.11 Å². The lowest BCUT2D eigenvalue weighted by Crippen LogP contribution is -2.51. The number of thiocarbonyl (C=S) groups is 1. The molecule has 22 heavy (non-hydrogen) atoms. The fourth-order valence-electron chi connectivity index (χ4n) is 2.35. The Morgan fingerprint density at radius 2 is 2.23 bits per heavy atom. The molecule has 1 fully saturated rings. The third-order valence-electron chi connectivity index (χ3n) is 3.34. The predicted molar refractivity (Wildman–Crippen MR) is 91.6 cm³/mol. The van der Waals surface area contributed by atoms with Crippen LogP contribution in [0.4, 0.5) is 0 Å². The van der Waals surface area contributed by atoms with E-state index < -0.39 is 5.92 Å². The van der Waals surface area contributed by atoms with Gasteiger partial charge in [0, 0.05) is 5.70 Å². The Balaban J connectivity index is 2.38. The number of benzene rings is 1. The van der Waals surface area contributed by atoms with E-state index in [1.807, 2.05) is 18.2 Å². The van der Waals surface area contributed by atoms with Crippen LogP contribution in [0.1, 0.15) is 18.5 Å². The second-order valence-corrected chi connectivity index (χ2v) is 5.99. The number of carbonyl (C=O) groups is 1. The van der Waals surface area contributed by atoms with E-state index in [1.54, 1.807) is 14.0 Å². The van der Waals surface area contributed by atoms with Gasteiger partial charge in [-0.3, -0.25) is 4.79 Å². The van der Waals surface area contributed by atoms with Gasteiger partial charge in [0.2, 0.25) is 0 Å². The van der Waals surface area contributed by atoms with Crippen molar-refractivity contribution in [1.82, 2.24) is 10.6 Å². The fourth-order valence-corrected chi connectivity index (χ4v) is 3.16. The average Bonchev–Trinajstić information content (AvgIpc) is 2.46. The first-order chi connectivity index (χ1) is 10.5. The molecule has 1 aromatic rings. The van der Waals surface area contributed by atoms with Crippen molar-refractivity contribution in [3.63, 3.8) is 0 Å². The molecule has 0 amide bonds. The number of hydrogen-bond donors (Lipinski definition) is 2. The highest BCUT2D eigenvalue weighted by Gasteiger charge is 2.37. The topological polar surface area (TPSA) is 59.6 Å². The summed E-state index contributed by atoms with van der Waals surface area (Å²) in [4.78, 5) is 12.3. The molecule has 0 unspecified atom stereocenters. The molecule has 0 aromatic heterocycles. The molecule has 2 atom stereocenters. The molecule has 1 saturated heterocycles. The minimum atomic E-state index is -0.563. The van der Waals surface area contributed by atoms with Gasteiger partial charge in [-0.25, -0.2) is 0 Å². The van der Waals surface area contributed by atoms with Gasteiger partial charge in [-0.2, -0.15) is 0 Å². The highest BCUT2D eigenvalue weighted by molar-refractivity contribution is 9.10. The van der Waals surface area contributed by atoms with Gasteiger partial charge < -0.3 is 20.1 Å². The third-order valence-corrected chi connectivity index (χ3v) is 4.18. The summed E-state index contributed by atoms with van der Waals surface area (Å²) >= 11 is 8.63. The van der Waals surface area contributed by atoms with Crippen LogP contribution in [0, 0.1) is 5.92 Å². The summed E-state index contributed by atoms with van der Waals surface area (Å²) in [5.41, 5.74) is 1.41. The van der Waals surface area contributed by atoms with Gasteiger partial charge in [-0.15, -0.1) is 0 Å². The summed E-state index contributed by atoms with van der Waals surface area (Å²) in [6, 6.07) is 5.26. The van der Waals surface area contributed by atoms with E-state index in [0.717, 1.165) is 10.0 Å². The molecule has 1 aromatic carbocycles. The van der Waals surface area contributed by atoms with Crippen molar-refractivity contribution < 1.29 is 14.3 Å². The van der Waals surface area contributed by atoms with E-state index in [1.165, 1.54) is 0 Å². The van der Waals surface area contributed by atoms with Crippen molar-refractivity contribution in [1.29, 1.82) is 0 Å². The lowest BCUT2D eigenvalue weighted by atomic mass is 9.89. The Hall–Kier alpha value is -1.60. The molecule has 2 rings (SSSR count). The zero-order valence-electron chi connectivity index (χ0n) is 12.3. The molecule has 118 valence electrons. The number of nitrogens with one attached hydrogen (secondary N) is 2. The Morgan fingerprint density at radius 3 is 2.82 bits per heavy atom. The molecule has 0 aliphatic carbocycles. The number of methoxy groups -OCH3 is 1. The van der Waals surface area contributed by atoms with Crippen molar-refractivity contribution in [2.45, 2.75) is 13.0 Å². The second-order valence-electron chi connectivity index (χ2n) is 4.73. The van der Waals surface area contributed by atoms with Crippen molar-refractivity contribution in [2.75, 3.05) is 13.7 Å². The molecular formula is C15H17BrN2O3S. The Kier molecular flexibility index (Phi) is 5.42. The molecule has 7 heteroatoms. The Morgan fingerprint density at radius 1 is 1.50 bits per heavy atom. The largest absolute Gasteiger partial charge is 0.496 e. The summed E-state index contributed by atoms with van der Waals surface area (Å²) in [6.45, 7) is 5.99. The first-order valence-electron chi connectivity index (χ1n) is 6.74. The van der Waals surface area contributed by atoms with Crippen LogP contribution in [-0.4, -0.2) is 24.8 Å². The molecule has 5 nitrogen and oxygen atoms in total. The van der Waals surface area contributed by atoms with Gasteiger partial charge in [0.1, 0.15) is 11.7 Å². The van der Waals surface area contributed by atoms with Gasteiger partial charge in [0.05, 0.1) is 24.2 Å². The molecule has 0 radical (unpaired) electrons. The zero-order valence-corrected chi connectivity index (χ0v) is 14.7. The van der Waals surface area contributed by atoms with Gasteiger partial charge >= 0.3 is 5.97 Å². The van der Waals surface area contributed by atoms with E-state index in [9.17, 15) is 4.79 Å². The molecule has 1 heterocycles. The van der Waals surface area contributed by atoms with Crippen LogP contribution < -0.4 is 15.4 Å². The molecule has 0 spiro atoms. The van der Waals surface area contributed by atoms with Crippen LogP contribution in [-0.2, 0) is 9.53 Å². The highest BCUT2D eigenvalue weighted by atomic mass is 79.9. The van der Waals surface area contributed by atoms with Gasteiger partial charge in [0.25, 0.3) is 0 Å². The number of esters is 1. The van der Waals surface area contributed by atoms with E-state index in [0.29, 0.717) is 23.2 Å². The van der Waals surface area contributed by atoms with E-state index in [2.05, 4.69) is 33.1 Å². The SMILES string of the molecule is C=C1NC(=S)N[C@H](c2ccc(OC)c(Br)c2)[C@H]1C(=O)OCC. The number of halogens is 1.